The summed E-state index contributed by atoms with van der Waals surface area (Å²) in [5, 5.41) is 5.35. The summed E-state index contributed by atoms with van der Waals surface area (Å²) in [5.41, 5.74) is 0. The molecular weight excluding hydrogens is 302 g/mol. The number of primary sulfonamides is 1. The Hall–Kier alpha value is -0.563. The standard InChI is InChI=1S/C12H20ClNO3SSi/c1-12(2,3)19(4,5)17-11-7-6-9(8-10(11)13)18(14,15)16/h6-8H,1-5H3,(H2,14,15,16). The highest BCUT2D eigenvalue weighted by atomic mass is 35.5. The van der Waals surface area contributed by atoms with Gasteiger partial charge in [-0.15, -0.1) is 0 Å². The topological polar surface area (TPSA) is 69.4 Å². The van der Waals surface area contributed by atoms with Gasteiger partial charge in [0.25, 0.3) is 8.32 Å². The van der Waals surface area contributed by atoms with E-state index in [4.69, 9.17) is 21.2 Å². The van der Waals surface area contributed by atoms with Gasteiger partial charge in [0.1, 0.15) is 5.75 Å². The molecule has 1 aromatic carbocycles. The monoisotopic (exact) mass is 321 g/mol. The maximum Gasteiger partial charge on any atom is 0.250 e. The van der Waals surface area contributed by atoms with Gasteiger partial charge < -0.3 is 4.43 Å². The molecule has 0 aliphatic rings. The van der Waals surface area contributed by atoms with E-state index in [2.05, 4.69) is 33.9 Å². The third kappa shape index (κ3) is 3.95. The molecule has 0 bridgehead atoms. The minimum Gasteiger partial charge on any atom is -0.543 e. The summed E-state index contributed by atoms with van der Waals surface area (Å²) in [7, 11) is -5.75. The van der Waals surface area contributed by atoms with Crippen LogP contribution in [0.1, 0.15) is 20.8 Å². The minimum absolute atomic E-state index is 0.0138. The fourth-order valence-corrected chi connectivity index (χ4v) is 3.09. The second kappa shape index (κ2) is 5.09. The van der Waals surface area contributed by atoms with Crippen LogP contribution < -0.4 is 9.56 Å². The van der Waals surface area contributed by atoms with Gasteiger partial charge in [-0.2, -0.15) is 0 Å². The van der Waals surface area contributed by atoms with Gasteiger partial charge in [0.15, 0.2) is 0 Å². The Morgan fingerprint density at radius 3 is 2.16 bits per heavy atom. The number of halogens is 1. The summed E-state index contributed by atoms with van der Waals surface area (Å²) in [6.45, 7) is 10.5. The molecule has 108 valence electrons. The van der Waals surface area contributed by atoms with Crippen LogP contribution in [0.25, 0.3) is 0 Å². The molecule has 0 atom stereocenters. The second-order valence-corrected chi connectivity index (χ2v) is 12.7. The van der Waals surface area contributed by atoms with E-state index in [0.717, 1.165) is 0 Å². The number of rotatable bonds is 3. The molecule has 0 aliphatic heterocycles. The Labute approximate surface area is 121 Å². The quantitative estimate of drug-likeness (QED) is 0.868. The Balaban J connectivity index is 3.13. The molecule has 7 heteroatoms. The van der Waals surface area contributed by atoms with Crippen molar-refractivity contribution in [2.75, 3.05) is 0 Å². The van der Waals surface area contributed by atoms with E-state index >= 15 is 0 Å². The highest BCUT2D eigenvalue weighted by Crippen LogP contribution is 2.39. The molecule has 1 rings (SSSR count). The zero-order valence-electron chi connectivity index (χ0n) is 11.8. The van der Waals surface area contributed by atoms with E-state index in [1.54, 1.807) is 6.07 Å². The van der Waals surface area contributed by atoms with Crippen LogP contribution in [0.5, 0.6) is 5.75 Å². The van der Waals surface area contributed by atoms with Crippen molar-refractivity contribution in [3.63, 3.8) is 0 Å². The van der Waals surface area contributed by atoms with Crippen LogP contribution in [0.2, 0.25) is 23.2 Å². The minimum atomic E-state index is -3.74. The largest absolute Gasteiger partial charge is 0.543 e. The average Bonchev–Trinajstić information content (AvgIpc) is 2.17. The fourth-order valence-electron chi connectivity index (χ4n) is 1.17. The lowest BCUT2D eigenvalue weighted by Gasteiger charge is -2.36. The van der Waals surface area contributed by atoms with Crippen LogP contribution in [0.4, 0.5) is 0 Å². The summed E-state index contributed by atoms with van der Waals surface area (Å²) in [6.07, 6.45) is 0. The smallest absolute Gasteiger partial charge is 0.250 e. The third-order valence-corrected chi connectivity index (χ3v) is 8.95. The zero-order chi connectivity index (χ0) is 15.1. The van der Waals surface area contributed by atoms with E-state index < -0.39 is 18.3 Å². The van der Waals surface area contributed by atoms with Gasteiger partial charge in [-0.1, -0.05) is 32.4 Å². The van der Waals surface area contributed by atoms with E-state index in [1.165, 1.54) is 12.1 Å². The van der Waals surface area contributed by atoms with E-state index in [0.29, 0.717) is 5.75 Å². The molecule has 0 aromatic heterocycles. The Morgan fingerprint density at radius 1 is 1.26 bits per heavy atom. The van der Waals surface area contributed by atoms with Crippen LogP contribution in [0, 0.1) is 0 Å². The summed E-state index contributed by atoms with van der Waals surface area (Å²) in [4.78, 5) is -0.0138. The normalized spacial score (nSPS) is 13.4. The van der Waals surface area contributed by atoms with Gasteiger partial charge in [0.05, 0.1) is 9.92 Å². The number of nitrogens with two attached hydrogens (primary N) is 1. The molecule has 1 aromatic rings. The van der Waals surface area contributed by atoms with Gasteiger partial charge in [-0.3, -0.25) is 0 Å². The lowest BCUT2D eigenvalue weighted by Crippen LogP contribution is -2.43. The first-order chi connectivity index (χ1) is 8.34. The van der Waals surface area contributed by atoms with Crippen molar-refractivity contribution < 1.29 is 12.8 Å². The summed E-state index contributed by atoms with van der Waals surface area (Å²) < 4.78 is 28.5. The lowest BCUT2D eigenvalue weighted by atomic mass is 10.2. The van der Waals surface area contributed by atoms with Gasteiger partial charge >= 0.3 is 0 Å². The van der Waals surface area contributed by atoms with Crippen LogP contribution in [-0.4, -0.2) is 16.7 Å². The molecule has 19 heavy (non-hydrogen) atoms. The van der Waals surface area contributed by atoms with E-state index in [9.17, 15) is 8.42 Å². The molecule has 0 radical (unpaired) electrons. The van der Waals surface area contributed by atoms with Crippen LogP contribution >= 0.6 is 11.6 Å². The molecule has 0 saturated heterocycles. The van der Waals surface area contributed by atoms with E-state index in [-0.39, 0.29) is 15.0 Å². The Morgan fingerprint density at radius 2 is 1.79 bits per heavy atom. The van der Waals surface area contributed by atoms with Crippen molar-refractivity contribution in [3.05, 3.63) is 23.2 Å². The number of hydrogen-bond donors (Lipinski definition) is 1. The zero-order valence-corrected chi connectivity index (χ0v) is 14.4. The second-order valence-electron chi connectivity index (χ2n) is 6.00. The Bertz CT molecular complexity index is 579. The van der Waals surface area contributed by atoms with Crippen molar-refractivity contribution >= 4 is 29.9 Å². The molecule has 0 spiro atoms. The molecular formula is C12H20ClNO3SSi. The highest BCUT2D eigenvalue weighted by molar-refractivity contribution is 7.89. The summed E-state index contributed by atoms with van der Waals surface area (Å²) in [6, 6.07) is 4.28. The first kappa shape index (κ1) is 16.5. The van der Waals surface area contributed by atoms with Crippen molar-refractivity contribution in [3.8, 4) is 5.75 Å². The maximum atomic E-state index is 11.2. The predicted molar refractivity (Wildman–Crippen MR) is 80.7 cm³/mol. The first-order valence-electron chi connectivity index (χ1n) is 5.86. The van der Waals surface area contributed by atoms with Gasteiger partial charge in [0, 0.05) is 0 Å². The molecule has 4 nitrogen and oxygen atoms in total. The average molecular weight is 322 g/mol. The third-order valence-electron chi connectivity index (χ3n) is 3.40. The molecule has 0 saturated carbocycles. The van der Waals surface area contributed by atoms with Gasteiger partial charge in [0.2, 0.25) is 10.0 Å². The molecule has 0 amide bonds. The molecule has 0 heterocycles. The number of sulfonamides is 1. The van der Waals surface area contributed by atoms with Crippen LogP contribution in [0.15, 0.2) is 23.1 Å². The summed E-state index contributed by atoms with van der Waals surface area (Å²) >= 11 is 6.07. The molecule has 0 unspecified atom stereocenters. The Kier molecular flexibility index (Phi) is 4.41. The van der Waals surface area contributed by atoms with E-state index in [1.807, 2.05) is 0 Å². The SMILES string of the molecule is CC(C)(C)[Si](C)(C)Oc1ccc(S(N)(=O)=O)cc1Cl. The van der Waals surface area contributed by atoms with Crippen molar-refractivity contribution in [1.82, 2.24) is 0 Å². The summed E-state index contributed by atoms with van der Waals surface area (Å²) in [5.74, 6) is 0.501. The number of hydrogen-bond acceptors (Lipinski definition) is 3. The lowest BCUT2D eigenvalue weighted by molar-refractivity contribution is 0.492. The maximum absolute atomic E-state index is 11.2. The van der Waals surface area contributed by atoms with Crippen LogP contribution in [-0.2, 0) is 10.0 Å². The molecule has 0 aliphatic carbocycles. The first-order valence-corrected chi connectivity index (χ1v) is 10.7. The van der Waals surface area contributed by atoms with Crippen molar-refractivity contribution in [2.45, 2.75) is 43.8 Å². The highest BCUT2D eigenvalue weighted by Gasteiger charge is 2.39. The van der Waals surface area contributed by atoms with Gasteiger partial charge in [-0.05, 0) is 36.3 Å². The predicted octanol–water partition coefficient (Wildman–Crippen LogP) is 3.37. The molecule has 2 N–H and O–H groups in total. The number of benzene rings is 1. The fraction of sp³-hybridized carbons (Fsp3) is 0.500. The molecule has 0 fully saturated rings. The van der Waals surface area contributed by atoms with Gasteiger partial charge in [-0.25, -0.2) is 13.6 Å². The van der Waals surface area contributed by atoms with Crippen molar-refractivity contribution in [2.24, 2.45) is 5.14 Å². The van der Waals surface area contributed by atoms with Crippen LogP contribution in [0.3, 0.4) is 0 Å². The van der Waals surface area contributed by atoms with Crippen molar-refractivity contribution in [1.29, 1.82) is 0 Å².